The molecule has 2 aromatic rings. The Kier molecular flexibility index (Phi) is 2.12. The van der Waals surface area contributed by atoms with Crippen molar-refractivity contribution < 1.29 is 0 Å². The van der Waals surface area contributed by atoms with E-state index in [2.05, 4.69) is 48.6 Å². The molecule has 2 N–H and O–H groups in total. The van der Waals surface area contributed by atoms with E-state index in [0.717, 1.165) is 0 Å². The molecule has 86 valence electrons. The summed E-state index contributed by atoms with van der Waals surface area (Å²) in [5.74, 6) is 0. The molecular formula is C15H16N2. The van der Waals surface area contributed by atoms with Gasteiger partial charge in [0.15, 0.2) is 0 Å². The maximum Gasteiger partial charge on any atom is 0.115 e. The van der Waals surface area contributed by atoms with Crippen LogP contribution < -0.4 is 5.73 Å². The van der Waals surface area contributed by atoms with Crippen molar-refractivity contribution in [2.75, 3.05) is 14.1 Å². The van der Waals surface area contributed by atoms with Crippen molar-refractivity contribution in [1.82, 2.24) is 4.90 Å². The van der Waals surface area contributed by atoms with Crippen LogP contribution in [-0.2, 0) is 5.66 Å². The minimum atomic E-state index is -0.506. The zero-order valence-electron chi connectivity index (χ0n) is 10.1. The van der Waals surface area contributed by atoms with E-state index in [1.54, 1.807) is 0 Å². The van der Waals surface area contributed by atoms with E-state index >= 15 is 0 Å². The summed E-state index contributed by atoms with van der Waals surface area (Å²) in [6.45, 7) is 0. The summed E-state index contributed by atoms with van der Waals surface area (Å²) in [4.78, 5) is 2.05. The van der Waals surface area contributed by atoms with Gasteiger partial charge in [-0.25, -0.2) is 0 Å². The smallest absolute Gasteiger partial charge is 0.115 e. The molecule has 0 heterocycles. The van der Waals surface area contributed by atoms with Gasteiger partial charge in [0.05, 0.1) is 0 Å². The molecule has 2 nitrogen and oxygen atoms in total. The molecule has 1 unspecified atom stereocenters. The van der Waals surface area contributed by atoms with Gasteiger partial charge in [0.1, 0.15) is 5.66 Å². The molecule has 0 fully saturated rings. The van der Waals surface area contributed by atoms with E-state index < -0.39 is 5.66 Å². The summed E-state index contributed by atoms with van der Waals surface area (Å²) < 4.78 is 0. The lowest BCUT2D eigenvalue weighted by Gasteiger charge is -2.37. The number of likely N-dealkylation sites (N-methyl/N-ethyl adjacent to an activating group) is 1. The fourth-order valence-corrected chi connectivity index (χ4v) is 2.54. The summed E-state index contributed by atoms with van der Waals surface area (Å²) in [5.41, 5.74) is 8.43. The minimum Gasteiger partial charge on any atom is -0.306 e. The SMILES string of the molecule is CN(C)C1(N)C=Cc2cccc3cccc1c23. The van der Waals surface area contributed by atoms with Crippen molar-refractivity contribution in [2.24, 2.45) is 5.73 Å². The molecule has 17 heavy (non-hydrogen) atoms. The van der Waals surface area contributed by atoms with Gasteiger partial charge in [-0.3, -0.25) is 4.90 Å². The van der Waals surface area contributed by atoms with Crippen LogP contribution in [0.3, 0.4) is 0 Å². The van der Waals surface area contributed by atoms with E-state index in [1.165, 1.54) is 21.9 Å². The Morgan fingerprint density at radius 2 is 1.76 bits per heavy atom. The molecule has 0 aliphatic heterocycles. The first kappa shape index (κ1) is 10.5. The second-order valence-corrected chi connectivity index (χ2v) is 4.80. The van der Waals surface area contributed by atoms with Crippen molar-refractivity contribution in [3.8, 4) is 0 Å². The molecule has 0 spiro atoms. The van der Waals surface area contributed by atoms with Crippen LogP contribution in [0.4, 0.5) is 0 Å². The summed E-state index contributed by atoms with van der Waals surface area (Å²) in [6.07, 6.45) is 4.19. The summed E-state index contributed by atoms with van der Waals surface area (Å²) >= 11 is 0. The number of hydrogen-bond acceptors (Lipinski definition) is 2. The van der Waals surface area contributed by atoms with Gasteiger partial charge >= 0.3 is 0 Å². The third-order valence-corrected chi connectivity index (χ3v) is 3.63. The second-order valence-electron chi connectivity index (χ2n) is 4.80. The van der Waals surface area contributed by atoms with Gasteiger partial charge in [-0.05, 0) is 42.1 Å². The summed E-state index contributed by atoms with van der Waals surface area (Å²) in [5, 5.41) is 2.52. The van der Waals surface area contributed by atoms with Crippen LogP contribution in [0.15, 0.2) is 42.5 Å². The highest BCUT2D eigenvalue weighted by Gasteiger charge is 2.31. The average molecular weight is 224 g/mol. The zero-order valence-corrected chi connectivity index (χ0v) is 10.1. The quantitative estimate of drug-likeness (QED) is 0.754. The molecule has 0 aromatic heterocycles. The lowest BCUT2D eigenvalue weighted by Crippen LogP contribution is -2.48. The molecule has 0 saturated carbocycles. The van der Waals surface area contributed by atoms with Gasteiger partial charge < -0.3 is 5.73 Å². The molecule has 0 saturated heterocycles. The molecule has 0 bridgehead atoms. The molecule has 1 atom stereocenters. The number of benzene rings is 2. The van der Waals surface area contributed by atoms with Crippen LogP contribution in [0.1, 0.15) is 11.1 Å². The van der Waals surface area contributed by atoms with Gasteiger partial charge in [0.2, 0.25) is 0 Å². The van der Waals surface area contributed by atoms with E-state index in [1.807, 2.05) is 19.0 Å². The normalized spacial score (nSPS) is 22.4. The third-order valence-electron chi connectivity index (χ3n) is 3.63. The summed E-state index contributed by atoms with van der Waals surface area (Å²) in [6, 6.07) is 12.7. The lowest BCUT2D eigenvalue weighted by atomic mass is 9.86. The van der Waals surface area contributed by atoms with Crippen LogP contribution >= 0.6 is 0 Å². The predicted molar refractivity (Wildman–Crippen MR) is 72.5 cm³/mol. The highest BCUT2D eigenvalue weighted by atomic mass is 15.2. The first-order valence-corrected chi connectivity index (χ1v) is 5.81. The van der Waals surface area contributed by atoms with Crippen molar-refractivity contribution in [1.29, 1.82) is 0 Å². The Bertz CT molecular complexity index is 608. The van der Waals surface area contributed by atoms with Crippen LogP contribution in [0.5, 0.6) is 0 Å². The van der Waals surface area contributed by atoms with E-state index in [0.29, 0.717) is 0 Å². The molecular weight excluding hydrogens is 208 g/mol. The monoisotopic (exact) mass is 224 g/mol. The molecule has 0 radical (unpaired) electrons. The van der Waals surface area contributed by atoms with Crippen molar-refractivity contribution in [2.45, 2.75) is 5.66 Å². The van der Waals surface area contributed by atoms with Crippen LogP contribution in [0.2, 0.25) is 0 Å². The van der Waals surface area contributed by atoms with Crippen molar-refractivity contribution >= 4 is 16.8 Å². The second kappa shape index (κ2) is 3.42. The van der Waals surface area contributed by atoms with E-state index in [9.17, 15) is 0 Å². The highest BCUT2D eigenvalue weighted by Crippen LogP contribution is 2.36. The maximum atomic E-state index is 6.51. The number of rotatable bonds is 1. The first-order chi connectivity index (χ1) is 8.13. The molecule has 2 heteroatoms. The zero-order chi connectivity index (χ0) is 12.0. The van der Waals surface area contributed by atoms with Crippen LogP contribution in [0.25, 0.3) is 16.8 Å². The Morgan fingerprint density at radius 3 is 2.47 bits per heavy atom. The molecule has 3 rings (SSSR count). The highest BCUT2D eigenvalue weighted by molar-refractivity contribution is 5.96. The Balaban J connectivity index is 2.42. The largest absolute Gasteiger partial charge is 0.306 e. The van der Waals surface area contributed by atoms with Gasteiger partial charge in [-0.1, -0.05) is 42.5 Å². The Hall–Kier alpha value is -1.64. The predicted octanol–water partition coefficient (Wildman–Crippen LogP) is 2.54. The number of nitrogens with zero attached hydrogens (tertiary/aromatic N) is 1. The lowest BCUT2D eigenvalue weighted by molar-refractivity contribution is 0.219. The van der Waals surface area contributed by atoms with E-state index in [4.69, 9.17) is 5.73 Å². The van der Waals surface area contributed by atoms with Crippen LogP contribution in [0, 0.1) is 0 Å². The first-order valence-electron chi connectivity index (χ1n) is 5.81. The third kappa shape index (κ3) is 1.35. The topological polar surface area (TPSA) is 29.3 Å². The van der Waals surface area contributed by atoms with Crippen molar-refractivity contribution in [3.63, 3.8) is 0 Å². The number of hydrogen-bond donors (Lipinski definition) is 1. The fourth-order valence-electron chi connectivity index (χ4n) is 2.54. The van der Waals surface area contributed by atoms with Gasteiger partial charge in [-0.15, -0.1) is 0 Å². The molecule has 1 aliphatic carbocycles. The average Bonchev–Trinajstić information content (AvgIpc) is 2.34. The summed E-state index contributed by atoms with van der Waals surface area (Å²) in [7, 11) is 4.02. The fraction of sp³-hybridized carbons (Fsp3) is 0.200. The maximum absolute atomic E-state index is 6.51. The minimum absolute atomic E-state index is 0.506. The molecule has 1 aliphatic rings. The number of nitrogens with two attached hydrogens (primary N) is 1. The van der Waals surface area contributed by atoms with Crippen LogP contribution in [-0.4, -0.2) is 19.0 Å². The standard InChI is InChI=1S/C15H16N2/c1-17(2)15(16)10-9-12-6-3-5-11-7-4-8-13(15)14(11)12/h3-10H,16H2,1-2H3. The van der Waals surface area contributed by atoms with Gasteiger partial charge in [0, 0.05) is 0 Å². The van der Waals surface area contributed by atoms with Gasteiger partial charge in [0.25, 0.3) is 0 Å². The Morgan fingerprint density at radius 1 is 1.06 bits per heavy atom. The molecule has 0 amide bonds. The molecule has 2 aromatic carbocycles. The van der Waals surface area contributed by atoms with E-state index in [-0.39, 0.29) is 0 Å². The van der Waals surface area contributed by atoms with Gasteiger partial charge in [-0.2, -0.15) is 0 Å². The van der Waals surface area contributed by atoms with Crippen molar-refractivity contribution in [3.05, 3.63) is 53.6 Å². The Labute approximate surface area is 101 Å².